The van der Waals surface area contributed by atoms with Gasteiger partial charge in [0.05, 0.1) is 0 Å². The van der Waals surface area contributed by atoms with Gasteiger partial charge in [-0.15, -0.1) is 0 Å². The highest BCUT2D eigenvalue weighted by atomic mass is 32.2. The molecule has 22 heavy (non-hydrogen) atoms. The van der Waals surface area contributed by atoms with E-state index in [1.165, 1.54) is 23.8 Å². The van der Waals surface area contributed by atoms with Crippen LogP contribution in [0.25, 0.3) is 0 Å². The predicted octanol–water partition coefficient (Wildman–Crippen LogP) is 5.24. The van der Waals surface area contributed by atoms with Crippen molar-refractivity contribution in [1.82, 2.24) is 4.31 Å². The van der Waals surface area contributed by atoms with Gasteiger partial charge in [0.2, 0.25) is 0 Å². The quantitative estimate of drug-likeness (QED) is 0.700. The van der Waals surface area contributed by atoms with Crippen LogP contribution in [-0.2, 0) is 6.54 Å². The molecule has 1 saturated heterocycles. The van der Waals surface area contributed by atoms with Crippen molar-refractivity contribution in [3.05, 3.63) is 59.2 Å². The van der Waals surface area contributed by atoms with Crippen molar-refractivity contribution in [2.45, 2.75) is 50.4 Å². The summed E-state index contributed by atoms with van der Waals surface area (Å²) < 4.78 is 29.4. The van der Waals surface area contributed by atoms with Gasteiger partial charge in [-0.05, 0) is 56.4 Å². The monoisotopic (exact) mass is 321 g/mol. The molecule has 0 aromatic heterocycles. The minimum absolute atomic E-state index is 0.326. The van der Waals surface area contributed by atoms with Crippen molar-refractivity contribution in [3.8, 4) is 0 Å². The molecule has 1 heterocycles. The van der Waals surface area contributed by atoms with Crippen LogP contribution in [0, 0.1) is 11.6 Å². The first-order valence-corrected chi connectivity index (χ1v) is 8.71. The summed E-state index contributed by atoms with van der Waals surface area (Å²) >= 11 is 1.78. The van der Waals surface area contributed by atoms with Crippen LogP contribution in [0.4, 0.5) is 8.78 Å². The van der Waals surface area contributed by atoms with Crippen LogP contribution in [0.1, 0.15) is 38.2 Å². The molecule has 0 N–H and O–H groups in total. The molecule has 0 spiro atoms. The highest BCUT2D eigenvalue weighted by Crippen LogP contribution is 2.38. The Morgan fingerprint density at radius 3 is 2.86 bits per heavy atom. The molecule has 3 rings (SSSR count). The number of rotatable bonds is 3. The molecule has 0 amide bonds. The second-order valence-corrected chi connectivity index (χ2v) is 7.26. The summed E-state index contributed by atoms with van der Waals surface area (Å²) in [5.74, 6) is -0.700. The van der Waals surface area contributed by atoms with Gasteiger partial charge in [-0.3, -0.25) is 0 Å². The summed E-state index contributed by atoms with van der Waals surface area (Å²) in [5.41, 5.74) is 1.82. The molecular weight excluding hydrogens is 300 g/mol. The van der Waals surface area contributed by atoms with Crippen LogP contribution in [0.3, 0.4) is 0 Å². The summed E-state index contributed by atoms with van der Waals surface area (Å²) in [6, 6.07) is 4.07. The zero-order valence-electron chi connectivity index (χ0n) is 12.8. The van der Waals surface area contributed by atoms with E-state index in [9.17, 15) is 8.78 Å². The maximum Gasteiger partial charge on any atom is 0.127 e. The fraction of sp³-hybridized carbons (Fsp3) is 0.444. The largest absolute Gasteiger partial charge is 0.243 e. The lowest BCUT2D eigenvalue weighted by Crippen LogP contribution is -2.34. The molecule has 1 nitrogen and oxygen atoms in total. The van der Waals surface area contributed by atoms with Gasteiger partial charge in [0.1, 0.15) is 11.6 Å². The number of allylic oxidation sites excluding steroid dienone is 3. The van der Waals surface area contributed by atoms with Gasteiger partial charge < -0.3 is 0 Å². The van der Waals surface area contributed by atoms with Crippen LogP contribution in [-0.4, -0.2) is 15.6 Å². The average Bonchev–Trinajstić information content (AvgIpc) is 2.54. The van der Waals surface area contributed by atoms with Crippen molar-refractivity contribution in [1.29, 1.82) is 0 Å². The standard InChI is InChI=1S/C18H21F2NS/c1-13-7-10-18(14-5-3-2-4-6-14)22-21(13)12-15-11-16(19)8-9-17(15)20/h3,5-6,8-9,11,13,18H,2,4,7,10,12H2,1H3/t13-,18?/m0/s1. The van der Waals surface area contributed by atoms with Crippen molar-refractivity contribution in [3.63, 3.8) is 0 Å². The van der Waals surface area contributed by atoms with E-state index in [4.69, 9.17) is 0 Å². The number of hydrogen-bond acceptors (Lipinski definition) is 2. The average molecular weight is 321 g/mol. The first-order valence-electron chi connectivity index (χ1n) is 7.87. The first kappa shape index (κ1) is 15.8. The van der Waals surface area contributed by atoms with Crippen molar-refractivity contribution >= 4 is 11.9 Å². The zero-order chi connectivity index (χ0) is 15.5. The smallest absolute Gasteiger partial charge is 0.127 e. The van der Waals surface area contributed by atoms with Crippen LogP contribution in [0.5, 0.6) is 0 Å². The van der Waals surface area contributed by atoms with E-state index in [0.717, 1.165) is 25.7 Å². The van der Waals surface area contributed by atoms with Gasteiger partial charge in [0.25, 0.3) is 0 Å². The highest BCUT2D eigenvalue weighted by Gasteiger charge is 2.28. The van der Waals surface area contributed by atoms with E-state index in [2.05, 4.69) is 29.5 Å². The summed E-state index contributed by atoms with van der Waals surface area (Å²) in [7, 11) is 0. The molecule has 0 bridgehead atoms. The maximum atomic E-state index is 13.9. The summed E-state index contributed by atoms with van der Waals surface area (Å²) in [6.45, 7) is 2.61. The van der Waals surface area contributed by atoms with Crippen LogP contribution in [0.2, 0.25) is 0 Å². The molecule has 4 heteroatoms. The zero-order valence-corrected chi connectivity index (χ0v) is 13.6. The topological polar surface area (TPSA) is 3.24 Å². The van der Waals surface area contributed by atoms with Crippen LogP contribution >= 0.6 is 11.9 Å². The van der Waals surface area contributed by atoms with Crippen molar-refractivity contribution in [2.75, 3.05) is 0 Å². The van der Waals surface area contributed by atoms with Gasteiger partial charge in [-0.2, -0.15) is 0 Å². The fourth-order valence-corrected chi connectivity index (χ4v) is 4.37. The Labute approximate surface area is 135 Å². The highest BCUT2D eigenvalue weighted by molar-refractivity contribution is 7.97. The van der Waals surface area contributed by atoms with Gasteiger partial charge in [-0.25, -0.2) is 13.1 Å². The fourth-order valence-electron chi connectivity index (χ4n) is 2.98. The normalized spacial score (nSPS) is 26.0. The molecule has 2 atom stereocenters. The van der Waals surface area contributed by atoms with E-state index in [1.54, 1.807) is 11.9 Å². The second-order valence-electron chi connectivity index (χ2n) is 6.02. The Hall–Kier alpha value is -1.13. The molecule has 118 valence electrons. The lowest BCUT2D eigenvalue weighted by Gasteiger charge is -2.37. The third-order valence-electron chi connectivity index (χ3n) is 4.33. The molecule has 1 unspecified atom stereocenters. The molecular formula is C18H21F2NS. The summed E-state index contributed by atoms with van der Waals surface area (Å²) in [6.07, 6.45) is 11.2. The van der Waals surface area contributed by atoms with Gasteiger partial charge >= 0.3 is 0 Å². The van der Waals surface area contributed by atoms with Crippen LogP contribution in [0.15, 0.2) is 42.0 Å². The van der Waals surface area contributed by atoms with E-state index in [0.29, 0.717) is 23.4 Å². The summed E-state index contributed by atoms with van der Waals surface area (Å²) in [4.78, 5) is 0. The Morgan fingerprint density at radius 2 is 2.09 bits per heavy atom. The number of halogens is 2. The SMILES string of the molecule is C[C@H]1CCC(C2=CCCC=C2)SN1Cc1cc(F)ccc1F. The Morgan fingerprint density at radius 1 is 1.23 bits per heavy atom. The Balaban J connectivity index is 1.73. The van der Waals surface area contributed by atoms with Gasteiger partial charge in [-0.1, -0.05) is 30.2 Å². The third kappa shape index (κ3) is 3.61. The Bertz CT molecular complexity index is 597. The van der Waals surface area contributed by atoms with E-state index in [-0.39, 0.29) is 11.6 Å². The lowest BCUT2D eigenvalue weighted by atomic mass is 9.99. The molecule has 0 saturated carbocycles. The number of benzene rings is 1. The van der Waals surface area contributed by atoms with Crippen LogP contribution < -0.4 is 0 Å². The van der Waals surface area contributed by atoms with Gasteiger partial charge in [0, 0.05) is 23.4 Å². The number of nitrogens with zero attached hydrogens (tertiary/aromatic N) is 1. The van der Waals surface area contributed by atoms with E-state index in [1.807, 2.05) is 0 Å². The van der Waals surface area contributed by atoms with E-state index < -0.39 is 0 Å². The van der Waals surface area contributed by atoms with E-state index >= 15 is 0 Å². The molecule has 1 aromatic rings. The molecule has 0 radical (unpaired) electrons. The first-order chi connectivity index (χ1) is 10.6. The molecule has 1 aromatic carbocycles. The van der Waals surface area contributed by atoms with Gasteiger partial charge in [0.15, 0.2) is 0 Å². The molecule has 1 aliphatic heterocycles. The number of hydrogen-bond donors (Lipinski definition) is 0. The molecule has 1 aliphatic carbocycles. The van der Waals surface area contributed by atoms with Crippen molar-refractivity contribution < 1.29 is 8.78 Å². The minimum atomic E-state index is -0.375. The molecule has 2 aliphatic rings. The second kappa shape index (κ2) is 6.97. The Kier molecular flexibility index (Phi) is 4.99. The predicted molar refractivity (Wildman–Crippen MR) is 88.4 cm³/mol. The maximum absolute atomic E-state index is 13.9. The van der Waals surface area contributed by atoms with Crippen molar-refractivity contribution in [2.24, 2.45) is 0 Å². The lowest BCUT2D eigenvalue weighted by molar-refractivity contribution is 0.321. The third-order valence-corrected chi connectivity index (χ3v) is 5.85. The molecule has 1 fully saturated rings. The minimum Gasteiger partial charge on any atom is -0.243 e. The summed E-state index contributed by atoms with van der Waals surface area (Å²) in [5, 5.41) is 0.435.